The first-order valence-electron chi connectivity index (χ1n) is 9.98. The van der Waals surface area contributed by atoms with Crippen molar-refractivity contribution in [1.29, 1.82) is 0 Å². The molecule has 3 aromatic rings. The number of fused-ring (bicyclic) bond motifs is 1. The van der Waals surface area contributed by atoms with Gasteiger partial charge in [-0.1, -0.05) is 30.0 Å². The average molecular weight is 454 g/mol. The lowest BCUT2D eigenvalue weighted by Gasteiger charge is -2.33. The van der Waals surface area contributed by atoms with Crippen molar-refractivity contribution in [2.75, 3.05) is 29.7 Å². The highest BCUT2D eigenvalue weighted by atomic mass is 32.2. The van der Waals surface area contributed by atoms with E-state index in [2.05, 4.69) is 15.5 Å². The van der Waals surface area contributed by atoms with Crippen LogP contribution in [-0.2, 0) is 16.6 Å². The van der Waals surface area contributed by atoms with Gasteiger partial charge in [0, 0.05) is 18.8 Å². The summed E-state index contributed by atoms with van der Waals surface area (Å²) in [4.78, 5) is 26.6. The van der Waals surface area contributed by atoms with Crippen LogP contribution in [0.4, 0.5) is 11.4 Å². The molecule has 2 aromatic carbocycles. The Balaban J connectivity index is 1.44. The monoisotopic (exact) mass is 453 g/mol. The molecule has 0 unspecified atom stereocenters. The van der Waals surface area contributed by atoms with Crippen LogP contribution in [0.3, 0.4) is 0 Å². The van der Waals surface area contributed by atoms with Crippen LogP contribution < -0.4 is 19.7 Å². The first kappa shape index (κ1) is 21.7. The number of amides is 2. The minimum Gasteiger partial charge on any atom is -0.497 e. The third-order valence-electron chi connectivity index (χ3n) is 5.06. The maximum Gasteiger partial charge on any atom is 0.265 e. The van der Waals surface area contributed by atoms with Crippen LogP contribution in [-0.4, -0.2) is 46.0 Å². The lowest BCUT2D eigenvalue weighted by atomic mass is 10.1. The fraction of sp³-hybridized carbons (Fsp3) is 0.273. The Kier molecular flexibility index (Phi) is 6.31. The van der Waals surface area contributed by atoms with Gasteiger partial charge in [0.2, 0.25) is 5.91 Å². The van der Waals surface area contributed by atoms with Gasteiger partial charge in [0.1, 0.15) is 11.5 Å². The molecule has 1 atom stereocenters. The highest BCUT2D eigenvalue weighted by molar-refractivity contribution is 7.99. The summed E-state index contributed by atoms with van der Waals surface area (Å²) in [5.41, 5.74) is 1.36. The predicted molar refractivity (Wildman–Crippen MR) is 121 cm³/mol. The van der Waals surface area contributed by atoms with Gasteiger partial charge in [0.15, 0.2) is 17.6 Å². The number of para-hydroxylation sites is 2. The minimum atomic E-state index is -0.356. The number of thioether (sulfide) groups is 1. The summed E-state index contributed by atoms with van der Waals surface area (Å²) in [5, 5.41) is 11.9. The number of anilines is 2. The molecule has 1 aliphatic heterocycles. The van der Waals surface area contributed by atoms with Gasteiger partial charge in [-0.3, -0.25) is 14.5 Å². The van der Waals surface area contributed by atoms with Crippen molar-refractivity contribution in [3.8, 4) is 11.5 Å². The second-order valence-corrected chi connectivity index (χ2v) is 8.11. The highest BCUT2D eigenvalue weighted by Gasteiger charge is 2.32. The molecule has 0 saturated carbocycles. The number of ether oxygens (including phenoxy) is 2. The standard InChI is InChI=1S/C22H23N5O4S/c1-14(27-17-9-4-5-10-18(17)31-12-20(27)29)21-24-25-22(26(21)2)32-13-19(28)23-15-7-6-8-16(11-15)30-3/h4-11,14H,12-13H2,1-3H3,(H,23,28)/t14-/m1/s1. The van der Waals surface area contributed by atoms with Gasteiger partial charge in [0.05, 0.1) is 24.6 Å². The average Bonchev–Trinajstić information content (AvgIpc) is 3.17. The largest absolute Gasteiger partial charge is 0.497 e. The van der Waals surface area contributed by atoms with Gasteiger partial charge in [0.25, 0.3) is 5.91 Å². The van der Waals surface area contributed by atoms with E-state index in [-0.39, 0.29) is 30.2 Å². The molecule has 4 rings (SSSR count). The molecular weight excluding hydrogens is 430 g/mol. The van der Waals surface area contributed by atoms with Gasteiger partial charge in [-0.15, -0.1) is 10.2 Å². The van der Waals surface area contributed by atoms with Crippen molar-refractivity contribution in [2.24, 2.45) is 7.05 Å². The third-order valence-corrected chi connectivity index (χ3v) is 6.08. The number of hydrogen-bond donors (Lipinski definition) is 1. The van der Waals surface area contributed by atoms with Crippen molar-refractivity contribution in [3.05, 3.63) is 54.4 Å². The van der Waals surface area contributed by atoms with Crippen molar-refractivity contribution in [2.45, 2.75) is 18.1 Å². The molecule has 1 aromatic heterocycles. The normalized spacial score (nSPS) is 13.8. The first-order chi connectivity index (χ1) is 15.5. The van der Waals surface area contributed by atoms with Crippen LogP contribution in [0.25, 0.3) is 0 Å². The Morgan fingerprint density at radius 3 is 2.88 bits per heavy atom. The molecule has 166 valence electrons. The van der Waals surface area contributed by atoms with Crippen LogP contribution in [0.15, 0.2) is 53.7 Å². The molecule has 0 saturated heterocycles. The predicted octanol–water partition coefficient (Wildman–Crippen LogP) is 3.04. The zero-order valence-electron chi connectivity index (χ0n) is 17.9. The number of methoxy groups -OCH3 is 1. The van der Waals surface area contributed by atoms with E-state index >= 15 is 0 Å². The lowest BCUT2D eigenvalue weighted by molar-refractivity contribution is -0.121. The molecule has 0 aliphatic carbocycles. The number of nitrogens with zero attached hydrogens (tertiary/aromatic N) is 4. The van der Waals surface area contributed by atoms with E-state index in [9.17, 15) is 9.59 Å². The fourth-order valence-electron chi connectivity index (χ4n) is 3.51. The number of nitrogens with one attached hydrogen (secondary N) is 1. The van der Waals surface area contributed by atoms with E-state index in [4.69, 9.17) is 9.47 Å². The molecule has 2 amide bonds. The van der Waals surface area contributed by atoms with Crippen LogP contribution in [0.1, 0.15) is 18.8 Å². The van der Waals surface area contributed by atoms with Crippen molar-refractivity contribution in [3.63, 3.8) is 0 Å². The zero-order chi connectivity index (χ0) is 22.7. The van der Waals surface area contributed by atoms with Crippen LogP contribution >= 0.6 is 11.8 Å². The van der Waals surface area contributed by atoms with E-state index in [1.54, 1.807) is 28.7 Å². The number of rotatable bonds is 7. The summed E-state index contributed by atoms with van der Waals surface area (Å²) in [6.07, 6.45) is 0. The van der Waals surface area contributed by atoms with Gasteiger partial charge in [-0.05, 0) is 31.2 Å². The van der Waals surface area contributed by atoms with Crippen LogP contribution in [0.5, 0.6) is 11.5 Å². The van der Waals surface area contributed by atoms with Gasteiger partial charge in [-0.2, -0.15) is 0 Å². The van der Waals surface area contributed by atoms with Crippen molar-refractivity contribution in [1.82, 2.24) is 14.8 Å². The SMILES string of the molecule is COc1cccc(NC(=O)CSc2nnc([C@@H](C)N3C(=O)COc4ccccc43)n2C)c1. The van der Waals surface area contributed by atoms with Crippen LogP contribution in [0.2, 0.25) is 0 Å². The second kappa shape index (κ2) is 9.31. The van der Waals surface area contributed by atoms with E-state index in [1.807, 2.05) is 50.4 Å². The molecule has 10 heteroatoms. The minimum absolute atomic E-state index is 0.0226. The summed E-state index contributed by atoms with van der Waals surface area (Å²) in [6, 6.07) is 14.2. The summed E-state index contributed by atoms with van der Waals surface area (Å²) < 4.78 is 12.5. The molecule has 1 aliphatic rings. The zero-order valence-corrected chi connectivity index (χ0v) is 18.8. The maximum atomic E-state index is 12.6. The molecule has 1 N–H and O–H groups in total. The summed E-state index contributed by atoms with van der Waals surface area (Å²) in [6.45, 7) is 1.87. The molecule has 32 heavy (non-hydrogen) atoms. The summed E-state index contributed by atoms with van der Waals surface area (Å²) in [7, 11) is 3.40. The molecule has 0 spiro atoms. The molecule has 0 bridgehead atoms. The highest BCUT2D eigenvalue weighted by Crippen LogP contribution is 2.37. The van der Waals surface area contributed by atoms with Gasteiger partial charge in [-0.25, -0.2) is 0 Å². The molecule has 9 nitrogen and oxygen atoms in total. The molecular formula is C22H23N5O4S. The Labute approximate surface area is 189 Å². The van der Waals surface area contributed by atoms with Crippen LogP contribution in [0, 0.1) is 0 Å². The molecule has 0 fully saturated rings. The van der Waals surface area contributed by atoms with Gasteiger partial charge < -0.3 is 19.4 Å². The Morgan fingerprint density at radius 1 is 1.25 bits per heavy atom. The van der Waals surface area contributed by atoms with E-state index in [1.165, 1.54) is 11.8 Å². The van der Waals surface area contributed by atoms with Crippen molar-refractivity contribution < 1.29 is 19.1 Å². The second-order valence-electron chi connectivity index (χ2n) is 7.16. The Morgan fingerprint density at radius 2 is 2.06 bits per heavy atom. The molecule has 2 heterocycles. The summed E-state index contributed by atoms with van der Waals surface area (Å²) in [5.74, 6) is 1.79. The Bertz CT molecular complexity index is 1150. The maximum absolute atomic E-state index is 12.6. The third kappa shape index (κ3) is 4.40. The lowest BCUT2D eigenvalue weighted by Crippen LogP contribution is -2.41. The number of aromatic nitrogens is 3. The van der Waals surface area contributed by atoms with E-state index < -0.39 is 0 Å². The number of carbonyl (C=O) groups excluding carboxylic acids is 2. The quantitative estimate of drug-likeness (QED) is 0.549. The van der Waals surface area contributed by atoms with Crippen molar-refractivity contribution >= 4 is 35.0 Å². The smallest absolute Gasteiger partial charge is 0.265 e. The topological polar surface area (TPSA) is 98.6 Å². The Hall–Kier alpha value is -3.53. The van der Waals surface area contributed by atoms with Gasteiger partial charge >= 0.3 is 0 Å². The first-order valence-corrected chi connectivity index (χ1v) is 11.0. The summed E-state index contributed by atoms with van der Waals surface area (Å²) >= 11 is 1.27. The number of benzene rings is 2. The number of hydrogen-bond acceptors (Lipinski definition) is 7. The van der Waals surface area contributed by atoms with E-state index in [0.717, 1.165) is 0 Å². The molecule has 0 radical (unpaired) electrons. The number of carbonyl (C=O) groups is 2. The van der Waals surface area contributed by atoms with E-state index in [0.29, 0.717) is 33.9 Å². The fourth-order valence-corrected chi connectivity index (χ4v) is 4.22.